The first-order valence-corrected chi connectivity index (χ1v) is 13.8. The zero-order valence-electron chi connectivity index (χ0n) is 19.1. The van der Waals surface area contributed by atoms with E-state index in [9.17, 15) is 9.59 Å². The molecule has 1 fully saturated rings. The molecular weight excluding hydrogens is 405 g/mol. The Morgan fingerprint density at radius 2 is 1.52 bits per heavy atom. The van der Waals surface area contributed by atoms with E-state index in [2.05, 4.69) is 24.4 Å². The second-order valence-corrected chi connectivity index (χ2v) is 13.2. The van der Waals surface area contributed by atoms with Crippen molar-refractivity contribution in [3.05, 3.63) is 64.7 Å². The van der Waals surface area contributed by atoms with Gasteiger partial charge in [0.25, 0.3) is 5.91 Å². The predicted molar refractivity (Wildman–Crippen MR) is 130 cm³/mol. The minimum absolute atomic E-state index is 0.0427. The van der Waals surface area contributed by atoms with Gasteiger partial charge in [-0.3, -0.25) is 4.79 Å². The monoisotopic (exact) mass is 440 g/mol. The number of esters is 1. The van der Waals surface area contributed by atoms with Crippen LogP contribution in [-0.2, 0) is 20.9 Å². The summed E-state index contributed by atoms with van der Waals surface area (Å²) in [5, 5.41) is 3.17. The number of nitrogens with one attached hydrogen (secondary N) is 1. The normalized spacial score (nSPS) is 15.7. The lowest BCUT2D eigenvalue weighted by molar-refractivity contribution is -0.141. The third-order valence-electron chi connectivity index (χ3n) is 6.14. The molecule has 0 atom stereocenters. The quantitative estimate of drug-likeness (QED) is 0.432. The zero-order chi connectivity index (χ0) is 22.3. The van der Waals surface area contributed by atoms with E-state index in [1.807, 2.05) is 44.2 Å². The number of aryl methyl sites for hydroxylation is 3. The Kier molecular flexibility index (Phi) is 8.26. The van der Waals surface area contributed by atoms with Crippen LogP contribution in [0.15, 0.2) is 42.5 Å². The van der Waals surface area contributed by atoms with E-state index in [4.69, 9.17) is 4.74 Å². The van der Waals surface area contributed by atoms with E-state index in [1.165, 1.54) is 18.4 Å². The second-order valence-electron chi connectivity index (χ2n) is 8.99. The van der Waals surface area contributed by atoms with Crippen molar-refractivity contribution in [1.82, 2.24) is 0 Å². The van der Waals surface area contributed by atoms with Gasteiger partial charge in [0.15, 0.2) is 6.16 Å². The number of carbonyl (C=O) groups is 2. The topological polar surface area (TPSA) is 55.4 Å². The summed E-state index contributed by atoms with van der Waals surface area (Å²) in [6.45, 7) is 6.44. The number of hydrogen-bond acceptors (Lipinski definition) is 3. The molecule has 2 aromatic rings. The van der Waals surface area contributed by atoms with Gasteiger partial charge in [0.2, 0.25) is 0 Å². The Bertz CT molecular complexity index is 879. The molecule has 3 rings (SSSR count). The number of benzene rings is 2. The number of rotatable bonds is 7. The highest BCUT2D eigenvalue weighted by Gasteiger charge is 2.43. The van der Waals surface area contributed by atoms with Gasteiger partial charge >= 0.3 is 5.97 Å². The predicted octanol–water partition coefficient (Wildman–Crippen LogP) is 5.89. The molecule has 0 radical (unpaired) electrons. The first-order chi connectivity index (χ1) is 14.9. The number of hydrogen-bond donors (Lipinski definition) is 1. The molecule has 166 valence electrons. The molecule has 0 bridgehead atoms. The Labute approximate surface area is 187 Å². The molecule has 0 spiro atoms. The van der Waals surface area contributed by atoms with Crippen molar-refractivity contribution in [2.75, 3.05) is 30.0 Å². The number of anilines is 1. The molecule has 2 aromatic carbocycles. The van der Waals surface area contributed by atoms with Crippen molar-refractivity contribution >= 4 is 24.8 Å². The van der Waals surface area contributed by atoms with Gasteiger partial charge in [-0.1, -0.05) is 48.0 Å². The smallest absolute Gasteiger partial charge is 0.344 e. The van der Waals surface area contributed by atoms with Crippen molar-refractivity contribution in [1.29, 1.82) is 0 Å². The van der Waals surface area contributed by atoms with Crippen LogP contribution >= 0.6 is 7.26 Å². The van der Waals surface area contributed by atoms with E-state index in [1.54, 1.807) is 0 Å². The van der Waals surface area contributed by atoms with Gasteiger partial charge < -0.3 is 10.1 Å². The third kappa shape index (κ3) is 6.90. The summed E-state index contributed by atoms with van der Waals surface area (Å²) in [6.07, 6.45) is 7.50. The van der Waals surface area contributed by atoms with Gasteiger partial charge in [-0.2, -0.15) is 0 Å². The molecule has 5 heteroatoms. The van der Waals surface area contributed by atoms with Crippen LogP contribution in [0.5, 0.6) is 0 Å². The summed E-state index contributed by atoms with van der Waals surface area (Å²) in [7, 11) is -1.73. The molecule has 1 N–H and O–H groups in total. The zero-order valence-corrected chi connectivity index (χ0v) is 20.0. The molecular formula is C26H35NO3P+. The fraction of sp³-hybridized carbons (Fsp3) is 0.462. The molecule has 0 saturated carbocycles. The van der Waals surface area contributed by atoms with Crippen molar-refractivity contribution in [2.24, 2.45) is 0 Å². The minimum Gasteiger partial charge on any atom is -0.458 e. The standard InChI is InChI=1S/C26H34NO3P/c1-20-15-21(2)26(22(3)16-20)27-24(28)18-31(13-9-4-5-10-14-31)19-25(29)30-17-23-11-7-6-8-12-23/h6-8,11-12,15-16H,4-5,9-10,13-14,17-19H2,1-3H3/p+1. The molecule has 1 heterocycles. The minimum atomic E-state index is -1.73. The maximum Gasteiger partial charge on any atom is 0.344 e. The van der Waals surface area contributed by atoms with Crippen LogP contribution in [0.2, 0.25) is 0 Å². The lowest BCUT2D eigenvalue weighted by Crippen LogP contribution is -2.26. The Hall–Kier alpha value is -2.19. The van der Waals surface area contributed by atoms with Crippen LogP contribution in [0.4, 0.5) is 5.69 Å². The van der Waals surface area contributed by atoms with Crippen molar-refractivity contribution in [3.8, 4) is 0 Å². The summed E-state index contributed by atoms with van der Waals surface area (Å²) < 4.78 is 5.61. The maximum absolute atomic E-state index is 13.1. The van der Waals surface area contributed by atoms with Crippen LogP contribution in [0.25, 0.3) is 0 Å². The Balaban J connectivity index is 1.68. The van der Waals surface area contributed by atoms with E-state index in [0.717, 1.165) is 47.5 Å². The van der Waals surface area contributed by atoms with E-state index < -0.39 is 7.26 Å². The summed E-state index contributed by atoms with van der Waals surface area (Å²) >= 11 is 0. The Morgan fingerprint density at radius 1 is 0.903 bits per heavy atom. The first-order valence-electron chi connectivity index (χ1n) is 11.3. The van der Waals surface area contributed by atoms with Gasteiger partial charge in [-0.25, -0.2) is 4.79 Å². The largest absolute Gasteiger partial charge is 0.458 e. The molecule has 1 saturated heterocycles. The van der Waals surface area contributed by atoms with Crippen LogP contribution in [0.3, 0.4) is 0 Å². The highest BCUT2D eigenvalue weighted by Crippen LogP contribution is 2.61. The lowest BCUT2D eigenvalue weighted by atomic mass is 10.1. The van der Waals surface area contributed by atoms with Crippen LogP contribution in [-0.4, -0.2) is 36.5 Å². The molecule has 1 amide bonds. The van der Waals surface area contributed by atoms with Crippen LogP contribution in [0.1, 0.15) is 47.9 Å². The van der Waals surface area contributed by atoms with Crippen molar-refractivity contribution < 1.29 is 14.3 Å². The van der Waals surface area contributed by atoms with Crippen molar-refractivity contribution in [2.45, 2.75) is 53.1 Å². The second kappa shape index (κ2) is 10.9. The average molecular weight is 441 g/mol. The molecule has 0 aliphatic carbocycles. The van der Waals surface area contributed by atoms with Crippen LogP contribution in [0, 0.1) is 20.8 Å². The summed E-state index contributed by atoms with van der Waals surface area (Å²) in [6, 6.07) is 14.0. The summed E-state index contributed by atoms with van der Waals surface area (Å²) in [5.41, 5.74) is 5.27. The van der Waals surface area contributed by atoms with Crippen LogP contribution < -0.4 is 5.32 Å². The highest BCUT2D eigenvalue weighted by atomic mass is 31.2. The van der Waals surface area contributed by atoms with Gasteiger partial charge in [0.05, 0.1) is 12.3 Å². The van der Waals surface area contributed by atoms with Gasteiger partial charge in [0, 0.05) is 12.9 Å². The number of carbonyl (C=O) groups excluding carboxylic acids is 2. The van der Waals surface area contributed by atoms with Gasteiger partial charge in [-0.15, -0.1) is 0 Å². The highest BCUT2D eigenvalue weighted by molar-refractivity contribution is 7.77. The Morgan fingerprint density at radius 3 is 2.13 bits per heavy atom. The SMILES string of the molecule is Cc1cc(C)c(NC(=O)C[P+]2(CC(=O)OCc3ccccc3)CCCCCC2)c(C)c1. The number of amides is 1. The van der Waals surface area contributed by atoms with Gasteiger partial charge in [0.1, 0.15) is 12.8 Å². The fourth-order valence-corrected chi connectivity index (χ4v) is 8.73. The summed E-state index contributed by atoms with van der Waals surface area (Å²) in [4.78, 5) is 25.9. The lowest BCUT2D eigenvalue weighted by Gasteiger charge is -2.25. The molecule has 1 aliphatic heterocycles. The first kappa shape index (κ1) is 23.5. The number of ether oxygens (including phenoxy) is 1. The third-order valence-corrected chi connectivity index (χ3v) is 10.6. The van der Waals surface area contributed by atoms with E-state index in [0.29, 0.717) is 18.9 Å². The molecule has 0 unspecified atom stereocenters. The molecule has 4 nitrogen and oxygen atoms in total. The molecule has 31 heavy (non-hydrogen) atoms. The van der Waals surface area contributed by atoms with Crippen molar-refractivity contribution in [3.63, 3.8) is 0 Å². The average Bonchev–Trinajstić information content (AvgIpc) is 2.95. The molecule has 1 aliphatic rings. The fourth-order valence-electron chi connectivity index (χ4n) is 4.65. The van der Waals surface area contributed by atoms with Gasteiger partial charge in [-0.05, 0) is 63.1 Å². The summed E-state index contributed by atoms with van der Waals surface area (Å²) in [5.74, 6) is -0.115. The van der Waals surface area contributed by atoms with E-state index in [-0.39, 0.29) is 11.9 Å². The molecule has 0 aromatic heterocycles. The van der Waals surface area contributed by atoms with E-state index >= 15 is 0 Å². The maximum atomic E-state index is 13.1.